The number of morpholine rings is 1. The summed E-state index contributed by atoms with van der Waals surface area (Å²) in [6.45, 7) is 9.40. The third-order valence-electron chi connectivity index (χ3n) is 5.37. The highest BCUT2D eigenvalue weighted by Crippen LogP contribution is 2.28. The Morgan fingerprint density at radius 2 is 1.91 bits per heavy atom. The van der Waals surface area contributed by atoms with Gasteiger partial charge in [-0.05, 0) is 56.5 Å². The average molecular weight is 339 g/mol. The second-order valence-electron chi connectivity index (χ2n) is 6.78. The molecule has 0 saturated carbocycles. The van der Waals surface area contributed by atoms with E-state index in [0.29, 0.717) is 11.1 Å². The van der Waals surface area contributed by atoms with Gasteiger partial charge in [0.1, 0.15) is 5.75 Å². The van der Waals surface area contributed by atoms with Crippen LogP contribution in [0.4, 0.5) is 0 Å². The van der Waals surface area contributed by atoms with Crippen molar-refractivity contribution in [1.82, 2.24) is 9.80 Å². The molecule has 0 unspecified atom stereocenters. The van der Waals surface area contributed by atoms with Gasteiger partial charge >= 0.3 is 0 Å². The zero-order valence-corrected chi connectivity index (χ0v) is 14.6. The molecule has 0 amide bonds. The second-order valence-corrected chi connectivity index (χ2v) is 7.19. The van der Waals surface area contributed by atoms with E-state index in [-0.39, 0.29) is 5.75 Å². The lowest BCUT2D eigenvalue weighted by molar-refractivity contribution is -0.00192. The van der Waals surface area contributed by atoms with Gasteiger partial charge in [-0.3, -0.25) is 9.80 Å². The number of piperidine rings is 1. The van der Waals surface area contributed by atoms with Crippen molar-refractivity contribution in [3.8, 4) is 5.75 Å². The van der Waals surface area contributed by atoms with Crippen LogP contribution in [-0.2, 0) is 11.3 Å². The molecule has 1 N–H and O–H groups in total. The molecule has 128 valence electrons. The smallest absolute Gasteiger partial charge is 0.117 e. The van der Waals surface area contributed by atoms with Crippen LogP contribution in [0.5, 0.6) is 5.75 Å². The van der Waals surface area contributed by atoms with Crippen LogP contribution in [0.1, 0.15) is 25.3 Å². The van der Waals surface area contributed by atoms with Gasteiger partial charge in [0.15, 0.2) is 0 Å². The Morgan fingerprint density at radius 1 is 1.22 bits per heavy atom. The molecule has 0 aromatic heterocycles. The van der Waals surface area contributed by atoms with E-state index in [4.69, 9.17) is 16.3 Å². The first-order chi connectivity index (χ1) is 11.1. The van der Waals surface area contributed by atoms with Crippen LogP contribution in [0.3, 0.4) is 0 Å². The van der Waals surface area contributed by atoms with Crippen molar-refractivity contribution < 1.29 is 9.84 Å². The number of phenols is 1. The predicted molar refractivity (Wildman–Crippen MR) is 93.0 cm³/mol. The minimum absolute atomic E-state index is 0.233. The van der Waals surface area contributed by atoms with E-state index < -0.39 is 0 Å². The van der Waals surface area contributed by atoms with Crippen molar-refractivity contribution in [1.29, 1.82) is 0 Å². The number of nitrogens with zero attached hydrogens (tertiary/aromatic N) is 2. The lowest BCUT2D eigenvalue weighted by Gasteiger charge is -2.41. The lowest BCUT2D eigenvalue weighted by atomic mass is 9.89. The van der Waals surface area contributed by atoms with E-state index in [1.165, 1.54) is 12.8 Å². The van der Waals surface area contributed by atoms with Gasteiger partial charge in [-0.15, -0.1) is 0 Å². The molecule has 0 spiro atoms. The summed E-state index contributed by atoms with van der Waals surface area (Å²) in [5.41, 5.74) is 1.10. The number of hydrogen-bond donors (Lipinski definition) is 1. The highest BCUT2D eigenvalue weighted by molar-refractivity contribution is 6.31. The normalized spacial score (nSPS) is 23.0. The molecular weight excluding hydrogens is 312 g/mol. The van der Waals surface area contributed by atoms with E-state index in [1.807, 2.05) is 6.07 Å². The summed E-state index contributed by atoms with van der Waals surface area (Å²) in [5, 5.41) is 10.1. The molecule has 3 rings (SSSR count). The average Bonchev–Trinajstić information content (AvgIpc) is 2.58. The quantitative estimate of drug-likeness (QED) is 0.915. The fraction of sp³-hybridized carbons (Fsp3) is 0.667. The van der Waals surface area contributed by atoms with Gasteiger partial charge in [-0.2, -0.15) is 0 Å². The summed E-state index contributed by atoms with van der Waals surface area (Å²) in [4.78, 5) is 5.06. The first kappa shape index (κ1) is 17.0. The van der Waals surface area contributed by atoms with Crippen molar-refractivity contribution in [3.05, 3.63) is 28.8 Å². The minimum Gasteiger partial charge on any atom is -0.508 e. The Morgan fingerprint density at radius 3 is 2.57 bits per heavy atom. The van der Waals surface area contributed by atoms with E-state index in [2.05, 4.69) is 16.7 Å². The van der Waals surface area contributed by atoms with Gasteiger partial charge in [-0.25, -0.2) is 0 Å². The van der Waals surface area contributed by atoms with Crippen molar-refractivity contribution in [2.45, 2.75) is 32.4 Å². The third kappa shape index (κ3) is 4.38. The van der Waals surface area contributed by atoms with Gasteiger partial charge in [0, 0.05) is 30.7 Å². The van der Waals surface area contributed by atoms with Crippen molar-refractivity contribution >= 4 is 11.6 Å². The molecule has 2 saturated heterocycles. The maximum absolute atomic E-state index is 9.45. The third-order valence-corrected chi connectivity index (χ3v) is 5.72. The monoisotopic (exact) mass is 338 g/mol. The van der Waals surface area contributed by atoms with Crippen LogP contribution in [0, 0.1) is 5.92 Å². The number of ether oxygens (including phenoxy) is 1. The topological polar surface area (TPSA) is 35.9 Å². The molecule has 1 aromatic rings. The molecule has 5 heteroatoms. The zero-order valence-electron chi connectivity index (χ0n) is 13.9. The Kier molecular flexibility index (Phi) is 5.81. The van der Waals surface area contributed by atoms with Crippen LogP contribution >= 0.6 is 11.6 Å². The van der Waals surface area contributed by atoms with Gasteiger partial charge in [-0.1, -0.05) is 17.7 Å². The fourth-order valence-corrected chi connectivity index (χ4v) is 4.02. The summed E-state index contributed by atoms with van der Waals surface area (Å²) < 4.78 is 5.46. The number of phenolic OH excluding ortho intramolecular Hbond substituents is 1. The van der Waals surface area contributed by atoms with E-state index in [9.17, 15) is 5.11 Å². The second kappa shape index (κ2) is 7.84. The highest BCUT2D eigenvalue weighted by atomic mass is 35.5. The number of benzene rings is 1. The Hall–Kier alpha value is -0.810. The first-order valence-electron chi connectivity index (χ1n) is 8.65. The Balaban J connectivity index is 1.49. The molecule has 23 heavy (non-hydrogen) atoms. The van der Waals surface area contributed by atoms with Crippen LogP contribution in [0.25, 0.3) is 0 Å². The first-order valence-corrected chi connectivity index (χ1v) is 9.03. The van der Waals surface area contributed by atoms with Gasteiger partial charge in [0.25, 0.3) is 0 Å². The van der Waals surface area contributed by atoms with Crippen LogP contribution in [-0.4, -0.2) is 60.3 Å². The molecule has 1 atom stereocenters. The molecule has 0 aliphatic carbocycles. The van der Waals surface area contributed by atoms with E-state index in [1.54, 1.807) is 12.1 Å². The van der Waals surface area contributed by atoms with E-state index in [0.717, 1.165) is 57.4 Å². The van der Waals surface area contributed by atoms with Gasteiger partial charge < -0.3 is 9.84 Å². The number of rotatable bonds is 4. The molecule has 0 bridgehead atoms. The predicted octanol–water partition coefficient (Wildman–Crippen LogP) is 2.98. The van der Waals surface area contributed by atoms with Crippen molar-refractivity contribution in [3.63, 3.8) is 0 Å². The largest absolute Gasteiger partial charge is 0.508 e. The van der Waals surface area contributed by atoms with Crippen molar-refractivity contribution in [2.24, 2.45) is 5.92 Å². The standard InChI is InChI=1S/C18H27ClN2O2/c1-14(21-8-10-23-11-9-21)15-4-6-20(7-5-15)13-16-2-3-17(22)12-18(16)19/h2-3,12,14-15,22H,4-11,13H2,1H3/t14-/m1/s1. The summed E-state index contributed by atoms with van der Waals surface area (Å²) in [6, 6.07) is 5.93. The number of halogens is 1. The molecule has 2 fully saturated rings. The fourth-order valence-electron chi connectivity index (χ4n) is 3.78. The molecule has 2 heterocycles. The number of likely N-dealkylation sites (tertiary alicyclic amines) is 1. The number of hydrogen-bond acceptors (Lipinski definition) is 4. The molecular formula is C18H27ClN2O2. The van der Waals surface area contributed by atoms with E-state index >= 15 is 0 Å². The zero-order chi connectivity index (χ0) is 16.2. The molecule has 2 aliphatic heterocycles. The summed E-state index contributed by atoms with van der Waals surface area (Å²) in [5.74, 6) is 1.01. The summed E-state index contributed by atoms with van der Waals surface area (Å²) >= 11 is 6.22. The molecule has 2 aliphatic rings. The van der Waals surface area contributed by atoms with Gasteiger partial charge in [0.2, 0.25) is 0 Å². The SMILES string of the molecule is C[C@H](C1CCN(Cc2ccc(O)cc2Cl)CC1)N1CCOCC1. The Labute approximate surface area is 144 Å². The molecule has 0 radical (unpaired) electrons. The maximum Gasteiger partial charge on any atom is 0.117 e. The summed E-state index contributed by atoms with van der Waals surface area (Å²) in [7, 11) is 0. The number of aromatic hydroxyl groups is 1. The van der Waals surface area contributed by atoms with Crippen LogP contribution in [0.2, 0.25) is 5.02 Å². The lowest BCUT2D eigenvalue weighted by Crippen LogP contribution is -2.48. The van der Waals surface area contributed by atoms with Crippen molar-refractivity contribution in [2.75, 3.05) is 39.4 Å². The van der Waals surface area contributed by atoms with Crippen LogP contribution in [0.15, 0.2) is 18.2 Å². The molecule has 1 aromatic carbocycles. The van der Waals surface area contributed by atoms with Crippen LogP contribution < -0.4 is 0 Å². The minimum atomic E-state index is 0.233. The Bertz CT molecular complexity index is 512. The maximum atomic E-state index is 9.45. The molecule has 4 nitrogen and oxygen atoms in total. The highest BCUT2D eigenvalue weighted by Gasteiger charge is 2.28. The van der Waals surface area contributed by atoms with Gasteiger partial charge in [0.05, 0.1) is 13.2 Å². The summed E-state index contributed by atoms with van der Waals surface area (Å²) in [6.07, 6.45) is 2.49.